The van der Waals surface area contributed by atoms with Gasteiger partial charge in [-0.1, -0.05) is 80.7 Å². The summed E-state index contributed by atoms with van der Waals surface area (Å²) >= 11 is 18.0. The van der Waals surface area contributed by atoms with Crippen LogP contribution >= 0.6 is 34.8 Å². The van der Waals surface area contributed by atoms with Crippen molar-refractivity contribution in [2.24, 2.45) is 0 Å². The Morgan fingerprint density at radius 1 is 0.840 bits per heavy atom. The molecule has 0 aliphatic heterocycles. The van der Waals surface area contributed by atoms with Crippen molar-refractivity contribution in [3.8, 4) is 0 Å². The lowest BCUT2D eigenvalue weighted by molar-refractivity contribution is 0.601. The maximum absolute atomic E-state index is 12.9. The Kier molecular flexibility index (Phi) is 6.31. The van der Waals surface area contributed by atoms with Crippen molar-refractivity contribution in [1.29, 1.82) is 0 Å². The number of rotatable bonds is 5. The summed E-state index contributed by atoms with van der Waals surface area (Å²) in [6.07, 6.45) is 0. The van der Waals surface area contributed by atoms with E-state index in [-0.39, 0.29) is 31.8 Å². The predicted octanol–water partition coefficient (Wildman–Crippen LogP) is 6.69. The lowest BCUT2D eigenvalue weighted by Gasteiger charge is -2.21. The van der Waals surface area contributed by atoms with Gasteiger partial charge in [0.05, 0.1) is 20.8 Å². The van der Waals surface area contributed by atoms with E-state index in [4.69, 9.17) is 34.8 Å². The smallest absolute Gasteiger partial charge is 0.263 e. The normalized spacial score (nSPS) is 12.0. The molecule has 2 aromatic rings. The summed E-state index contributed by atoms with van der Waals surface area (Å²) in [6, 6.07) is 8.38. The van der Waals surface area contributed by atoms with Crippen LogP contribution in [-0.4, -0.2) is 8.42 Å². The van der Waals surface area contributed by atoms with E-state index >= 15 is 0 Å². The molecule has 3 nitrogen and oxygen atoms in total. The van der Waals surface area contributed by atoms with Crippen LogP contribution in [0.1, 0.15) is 50.7 Å². The predicted molar refractivity (Wildman–Crippen MR) is 107 cm³/mol. The van der Waals surface area contributed by atoms with Crippen LogP contribution in [0.4, 0.5) is 5.69 Å². The second-order valence-corrected chi connectivity index (χ2v) is 9.30. The molecule has 7 heteroatoms. The van der Waals surface area contributed by atoms with Gasteiger partial charge in [-0.3, -0.25) is 4.72 Å². The van der Waals surface area contributed by atoms with Gasteiger partial charge in [0.15, 0.2) is 0 Å². The molecular formula is C18H20Cl3NO2S. The summed E-state index contributed by atoms with van der Waals surface area (Å²) in [4.78, 5) is -0.100. The number of halogens is 3. The first-order valence-electron chi connectivity index (χ1n) is 7.84. The lowest BCUT2D eigenvalue weighted by atomic mass is 9.93. The van der Waals surface area contributed by atoms with Crippen LogP contribution in [0.5, 0.6) is 0 Å². The van der Waals surface area contributed by atoms with E-state index in [1.807, 2.05) is 45.9 Å². The molecule has 0 heterocycles. The van der Waals surface area contributed by atoms with Crippen LogP contribution in [0.15, 0.2) is 35.2 Å². The average molecular weight is 421 g/mol. The molecule has 0 aliphatic rings. The van der Waals surface area contributed by atoms with Crippen molar-refractivity contribution in [3.63, 3.8) is 0 Å². The Hall–Kier alpha value is -0.940. The van der Waals surface area contributed by atoms with Gasteiger partial charge in [-0.2, -0.15) is 0 Å². The topological polar surface area (TPSA) is 46.2 Å². The molecule has 0 aliphatic carbocycles. The fourth-order valence-corrected chi connectivity index (χ4v) is 4.69. The third-order valence-electron chi connectivity index (χ3n) is 3.87. The molecule has 0 unspecified atom stereocenters. The van der Waals surface area contributed by atoms with E-state index < -0.39 is 10.0 Å². The molecule has 2 aromatic carbocycles. The van der Waals surface area contributed by atoms with Gasteiger partial charge in [-0.15, -0.1) is 0 Å². The first-order valence-corrected chi connectivity index (χ1v) is 10.5. The number of sulfonamides is 1. The summed E-state index contributed by atoms with van der Waals surface area (Å²) in [6.45, 7) is 8.07. The third-order valence-corrected chi connectivity index (χ3v) is 6.41. The molecule has 0 saturated carbocycles. The number of para-hydroxylation sites is 1. The summed E-state index contributed by atoms with van der Waals surface area (Å²) < 4.78 is 28.6. The average Bonchev–Trinajstić information content (AvgIpc) is 2.50. The summed E-state index contributed by atoms with van der Waals surface area (Å²) in [5, 5.41) is 0.360. The van der Waals surface area contributed by atoms with Crippen molar-refractivity contribution in [2.45, 2.75) is 44.4 Å². The molecule has 1 N–H and O–H groups in total. The first kappa shape index (κ1) is 20.4. The van der Waals surface area contributed by atoms with Crippen molar-refractivity contribution in [2.75, 3.05) is 4.72 Å². The van der Waals surface area contributed by atoms with Gasteiger partial charge in [0.2, 0.25) is 0 Å². The number of nitrogens with one attached hydrogen (secondary N) is 1. The molecule has 0 aromatic heterocycles. The molecule has 0 fully saturated rings. The highest BCUT2D eigenvalue weighted by Crippen LogP contribution is 2.36. The minimum Gasteiger partial charge on any atom is -0.279 e. The van der Waals surface area contributed by atoms with Crippen LogP contribution in [-0.2, 0) is 10.0 Å². The Morgan fingerprint density at radius 3 is 1.80 bits per heavy atom. The van der Waals surface area contributed by atoms with E-state index in [0.29, 0.717) is 5.69 Å². The third kappa shape index (κ3) is 4.43. The van der Waals surface area contributed by atoms with Crippen LogP contribution in [0, 0.1) is 0 Å². The van der Waals surface area contributed by atoms with Gasteiger partial charge >= 0.3 is 0 Å². The van der Waals surface area contributed by atoms with E-state index in [0.717, 1.165) is 11.1 Å². The molecule has 136 valence electrons. The van der Waals surface area contributed by atoms with Crippen LogP contribution < -0.4 is 4.72 Å². The van der Waals surface area contributed by atoms with Crippen LogP contribution in [0.2, 0.25) is 15.1 Å². The van der Waals surface area contributed by atoms with E-state index in [1.165, 1.54) is 12.1 Å². The molecule has 2 rings (SSSR count). The Balaban J connectivity index is 2.61. The molecule has 0 spiro atoms. The molecule has 0 saturated heterocycles. The number of benzene rings is 2. The zero-order chi connectivity index (χ0) is 18.9. The van der Waals surface area contributed by atoms with E-state index in [2.05, 4.69) is 4.72 Å². The maximum atomic E-state index is 12.9. The van der Waals surface area contributed by atoms with Gasteiger partial charge in [0.1, 0.15) is 4.90 Å². The quantitative estimate of drug-likeness (QED) is 0.547. The van der Waals surface area contributed by atoms with Crippen molar-refractivity contribution >= 4 is 50.5 Å². The highest BCUT2D eigenvalue weighted by atomic mass is 35.5. The Bertz CT molecular complexity index is 867. The number of anilines is 1. The zero-order valence-corrected chi connectivity index (χ0v) is 17.5. The molecule has 0 amide bonds. The minimum absolute atomic E-state index is 0.0232. The van der Waals surface area contributed by atoms with Gasteiger partial charge in [0, 0.05) is 0 Å². The zero-order valence-electron chi connectivity index (χ0n) is 14.4. The highest BCUT2D eigenvalue weighted by molar-refractivity contribution is 7.92. The Labute approximate surface area is 164 Å². The molecule has 0 radical (unpaired) electrons. The summed E-state index contributed by atoms with van der Waals surface area (Å²) in [5.41, 5.74) is 2.44. The fourth-order valence-electron chi connectivity index (χ4n) is 2.57. The molecular weight excluding hydrogens is 401 g/mol. The number of hydrogen-bond donors (Lipinski definition) is 1. The maximum Gasteiger partial charge on any atom is 0.263 e. The molecule has 0 atom stereocenters. The summed E-state index contributed by atoms with van der Waals surface area (Å²) in [5.74, 6) is 0.307. The van der Waals surface area contributed by atoms with E-state index in [9.17, 15) is 8.42 Å². The largest absolute Gasteiger partial charge is 0.279 e. The highest BCUT2D eigenvalue weighted by Gasteiger charge is 2.24. The number of hydrogen-bond acceptors (Lipinski definition) is 2. The van der Waals surface area contributed by atoms with Crippen molar-refractivity contribution < 1.29 is 8.42 Å². The first-order chi connectivity index (χ1) is 11.5. The van der Waals surface area contributed by atoms with Crippen molar-refractivity contribution in [1.82, 2.24) is 0 Å². The van der Waals surface area contributed by atoms with Crippen LogP contribution in [0.3, 0.4) is 0 Å². The lowest BCUT2D eigenvalue weighted by Crippen LogP contribution is -2.17. The second-order valence-electron chi connectivity index (χ2n) is 6.42. The fraction of sp³-hybridized carbons (Fsp3) is 0.333. The van der Waals surface area contributed by atoms with Gasteiger partial charge in [0.25, 0.3) is 10.0 Å². The van der Waals surface area contributed by atoms with Gasteiger partial charge in [-0.25, -0.2) is 8.42 Å². The van der Waals surface area contributed by atoms with Crippen molar-refractivity contribution in [3.05, 3.63) is 56.5 Å². The van der Waals surface area contributed by atoms with Crippen LogP contribution in [0.25, 0.3) is 0 Å². The van der Waals surface area contributed by atoms with Gasteiger partial charge in [-0.05, 0) is 35.1 Å². The Morgan fingerprint density at radius 2 is 1.32 bits per heavy atom. The monoisotopic (exact) mass is 419 g/mol. The standard InChI is InChI=1S/C18H20Cl3NO2S/c1-10(2)12-6-5-7-13(11(3)4)18(12)22-25(23,24)17-9-15(20)14(19)8-16(17)21/h5-11,22H,1-4H3. The van der Waals surface area contributed by atoms with Gasteiger partial charge < -0.3 is 0 Å². The summed E-state index contributed by atoms with van der Waals surface area (Å²) in [7, 11) is -3.92. The molecule has 0 bridgehead atoms. The second kappa shape index (κ2) is 7.75. The minimum atomic E-state index is -3.92. The molecule has 25 heavy (non-hydrogen) atoms. The van der Waals surface area contributed by atoms with E-state index in [1.54, 1.807) is 0 Å². The SMILES string of the molecule is CC(C)c1cccc(C(C)C)c1NS(=O)(=O)c1cc(Cl)c(Cl)cc1Cl.